The predicted molar refractivity (Wildman–Crippen MR) is 126 cm³/mol. The number of aromatic nitrogens is 3. The number of amides is 1. The van der Waals surface area contributed by atoms with Gasteiger partial charge in [-0.2, -0.15) is 5.10 Å². The van der Waals surface area contributed by atoms with E-state index in [4.69, 9.17) is 9.72 Å². The molecule has 1 saturated carbocycles. The van der Waals surface area contributed by atoms with Gasteiger partial charge in [0, 0.05) is 17.3 Å². The quantitative estimate of drug-likeness (QED) is 0.536. The number of fused-ring (bicyclic) bond motifs is 1. The Morgan fingerprint density at radius 3 is 2.56 bits per heavy atom. The summed E-state index contributed by atoms with van der Waals surface area (Å²) in [7, 11) is -3.12. The first-order valence-corrected chi connectivity index (χ1v) is 13.2. The summed E-state index contributed by atoms with van der Waals surface area (Å²) in [6.07, 6.45) is 1.40. The average Bonchev–Trinajstić information content (AvgIpc) is 3.52. The fourth-order valence-corrected chi connectivity index (χ4v) is 6.04. The van der Waals surface area contributed by atoms with Crippen LogP contribution in [-0.4, -0.2) is 52.7 Å². The summed E-state index contributed by atoms with van der Waals surface area (Å²) in [5.74, 6) is -0.688. The van der Waals surface area contributed by atoms with Gasteiger partial charge in [0.25, 0.3) is 5.91 Å². The highest BCUT2D eigenvalue weighted by Gasteiger charge is 2.34. The van der Waals surface area contributed by atoms with E-state index in [-0.39, 0.29) is 23.5 Å². The number of carbonyl (C=O) groups excluding carboxylic acids is 2. The van der Waals surface area contributed by atoms with Crippen molar-refractivity contribution in [2.45, 2.75) is 51.2 Å². The molecular formula is C24H26N4O5S. The molecule has 2 atom stereocenters. The minimum Gasteiger partial charge on any atom is -0.449 e. The predicted octanol–water partition coefficient (Wildman–Crippen LogP) is 3.16. The summed E-state index contributed by atoms with van der Waals surface area (Å²) in [6.45, 7) is 3.29. The molecular weight excluding hydrogens is 456 g/mol. The van der Waals surface area contributed by atoms with E-state index < -0.39 is 27.8 Å². The molecule has 3 heterocycles. The highest BCUT2D eigenvalue weighted by molar-refractivity contribution is 7.91. The Labute approximate surface area is 197 Å². The summed E-state index contributed by atoms with van der Waals surface area (Å²) < 4.78 is 31.3. The zero-order valence-corrected chi connectivity index (χ0v) is 19.8. The van der Waals surface area contributed by atoms with Crippen LogP contribution in [0.2, 0.25) is 0 Å². The van der Waals surface area contributed by atoms with Crippen molar-refractivity contribution in [1.82, 2.24) is 14.8 Å². The van der Waals surface area contributed by atoms with Crippen LogP contribution in [0.1, 0.15) is 59.9 Å². The first-order valence-electron chi connectivity index (χ1n) is 11.4. The molecule has 0 unspecified atom stereocenters. The van der Waals surface area contributed by atoms with Crippen molar-refractivity contribution in [2.24, 2.45) is 0 Å². The highest BCUT2D eigenvalue weighted by atomic mass is 32.2. The number of carbonyl (C=O) groups is 2. The largest absolute Gasteiger partial charge is 0.449 e. The van der Waals surface area contributed by atoms with E-state index >= 15 is 0 Å². The highest BCUT2D eigenvalue weighted by Crippen LogP contribution is 2.41. The number of esters is 1. The van der Waals surface area contributed by atoms with Crippen LogP contribution in [0.3, 0.4) is 0 Å². The number of benzene rings is 1. The number of sulfone groups is 1. The SMILES string of the molecule is Cc1nn([C@H]2CCS(=O)(=O)C2)c2nc(C3CC3)cc(C(=O)O[C@H](C)C(=O)Nc3ccccc3)c12. The summed E-state index contributed by atoms with van der Waals surface area (Å²) >= 11 is 0. The lowest BCUT2D eigenvalue weighted by molar-refractivity contribution is -0.123. The normalized spacial score (nSPS) is 20.2. The van der Waals surface area contributed by atoms with E-state index in [9.17, 15) is 18.0 Å². The van der Waals surface area contributed by atoms with Crippen LogP contribution in [0.25, 0.3) is 11.0 Å². The first-order chi connectivity index (χ1) is 16.2. The third-order valence-corrected chi connectivity index (χ3v) is 8.07. The number of aryl methyl sites for hydroxylation is 1. The Bertz CT molecular complexity index is 1380. The summed E-state index contributed by atoms with van der Waals surface area (Å²) in [4.78, 5) is 30.6. The lowest BCUT2D eigenvalue weighted by atomic mass is 10.1. The van der Waals surface area contributed by atoms with Crippen molar-refractivity contribution < 1.29 is 22.7 Å². The second kappa shape index (κ2) is 8.50. The van der Waals surface area contributed by atoms with E-state index in [2.05, 4.69) is 10.4 Å². The van der Waals surface area contributed by atoms with Gasteiger partial charge in [-0.25, -0.2) is 22.9 Å². The van der Waals surface area contributed by atoms with E-state index in [1.165, 1.54) is 6.92 Å². The Kier molecular flexibility index (Phi) is 5.63. The summed E-state index contributed by atoms with van der Waals surface area (Å²) in [6, 6.07) is 10.4. The number of para-hydroxylation sites is 1. The molecule has 10 heteroatoms. The van der Waals surface area contributed by atoms with Crippen molar-refractivity contribution in [3.05, 3.63) is 53.3 Å². The molecule has 1 aliphatic carbocycles. The fourth-order valence-electron chi connectivity index (χ4n) is 4.35. The fraction of sp³-hybridized carbons (Fsp3) is 0.417. The van der Waals surface area contributed by atoms with Gasteiger partial charge < -0.3 is 10.1 Å². The minimum absolute atomic E-state index is 0.00896. The van der Waals surface area contributed by atoms with Gasteiger partial charge >= 0.3 is 5.97 Å². The smallest absolute Gasteiger partial charge is 0.339 e. The molecule has 2 aliphatic rings. The molecule has 2 fully saturated rings. The Morgan fingerprint density at radius 1 is 1.18 bits per heavy atom. The van der Waals surface area contributed by atoms with Gasteiger partial charge in [0.05, 0.1) is 34.2 Å². The molecule has 34 heavy (non-hydrogen) atoms. The molecule has 178 valence electrons. The maximum Gasteiger partial charge on any atom is 0.339 e. The van der Waals surface area contributed by atoms with Crippen LogP contribution >= 0.6 is 0 Å². The molecule has 5 rings (SSSR count). The molecule has 0 bridgehead atoms. The molecule has 1 aromatic carbocycles. The number of nitrogens with zero attached hydrogens (tertiary/aromatic N) is 3. The number of rotatable bonds is 6. The molecule has 1 N–H and O–H groups in total. The van der Waals surface area contributed by atoms with E-state index in [0.29, 0.717) is 34.4 Å². The maximum atomic E-state index is 13.2. The molecule has 0 spiro atoms. The second-order valence-electron chi connectivity index (χ2n) is 9.06. The Hall–Kier alpha value is -3.27. The van der Waals surface area contributed by atoms with E-state index in [0.717, 1.165) is 18.5 Å². The van der Waals surface area contributed by atoms with Crippen molar-refractivity contribution in [1.29, 1.82) is 0 Å². The lowest BCUT2D eigenvalue weighted by Gasteiger charge is -2.15. The van der Waals surface area contributed by atoms with Crippen LogP contribution in [0.15, 0.2) is 36.4 Å². The maximum absolute atomic E-state index is 13.2. The zero-order chi connectivity index (χ0) is 24.0. The number of anilines is 1. The van der Waals surface area contributed by atoms with Crippen LogP contribution in [0, 0.1) is 6.92 Å². The van der Waals surface area contributed by atoms with Crippen LogP contribution in [-0.2, 0) is 19.4 Å². The van der Waals surface area contributed by atoms with Gasteiger partial charge in [-0.1, -0.05) is 18.2 Å². The molecule has 1 aliphatic heterocycles. The standard InChI is InChI=1S/C24H26N4O5S/c1-14-21-19(24(30)33-15(2)23(29)25-17-6-4-3-5-7-17)12-20(16-8-9-16)26-22(21)28(27-14)18-10-11-34(31,32)13-18/h3-7,12,15-16,18H,8-11,13H2,1-2H3,(H,25,29)/t15-,18+/m1/s1. The third-order valence-electron chi connectivity index (χ3n) is 6.32. The van der Waals surface area contributed by atoms with Crippen molar-refractivity contribution in [3.8, 4) is 0 Å². The molecule has 3 aromatic rings. The number of hydrogen-bond acceptors (Lipinski definition) is 7. The minimum atomic E-state index is -3.12. The van der Waals surface area contributed by atoms with Gasteiger partial charge in [0.15, 0.2) is 21.6 Å². The van der Waals surface area contributed by atoms with Gasteiger partial charge in [-0.15, -0.1) is 0 Å². The van der Waals surface area contributed by atoms with Crippen LogP contribution in [0.5, 0.6) is 0 Å². The molecule has 2 aromatic heterocycles. The molecule has 9 nitrogen and oxygen atoms in total. The van der Waals surface area contributed by atoms with Crippen LogP contribution in [0.4, 0.5) is 5.69 Å². The van der Waals surface area contributed by atoms with E-state index in [1.54, 1.807) is 41.9 Å². The third kappa shape index (κ3) is 4.42. The Balaban J connectivity index is 1.46. The van der Waals surface area contributed by atoms with Crippen molar-refractivity contribution >= 4 is 38.4 Å². The lowest BCUT2D eigenvalue weighted by Crippen LogP contribution is -2.30. The number of nitrogens with one attached hydrogen (secondary N) is 1. The number of pyridine rings is 1. The van der Waals surface area contributed by atoms with Crippen LogP contribution < -0.4 is 5.32 Å². The van der Waals surface area contributed by atoms with Crippen molar-refractivity contribution in [2.75, 3.05) is 16.8 Å². The summed E-state index contributed by atoms with van der Waals surface area (Å²) in [5.41, 5.74) is 2.75. The van der Waals surface area contributed by atoms with Gasteiger partial charge in [-0.3, -0.25) is 4.79 Å². The first kappa shape index (κ1) is 22.5. The van der Waals surface area contributed by atoms with E-state index in [1.807, 2.05) is 6.07 Å². The molecule has 1 amide bonds. The topological polar surface area (TPSA) is 120 Å². The zero-order valence-electron chi connectivity index (χ0n) is 19.0. The number of hydrogen-bond donors (Lipinski definition) is 1. The average molecular weight is 483 g/mol. The Morgan fingerprint density at radius 2 is 1.91 bits per heavy atom. The van der Waals surface area contributed by atoms with Gasteiger partial charge in [-0.05, 0) is 51.3 Å². The second-order valence-corrected chi connectivity index (χ2v) is 11.3. The van der Waals surface area contributed by atoms with Gasteiger partial charge in [0.1, 0.15) is 0 Å². The molecule has 1 saturated heterocycles. The molecule has 0 radical (unpaired) electrons. The van der Waals surface area contributed by atoms with Crippen molar-refractivity contribution in [3.63, 3.8) is 0 Å². The number of ether oxygens (including phenoxy) is 1. The van der Waals surface area contributed by atoms with Gasteiger partial charge in [0.2, 0.25) is 0 Å². The summed E-state index contributed by atoms with van der Waals surface area (Å²) in [5, 5.41) is 7.84. The monoisotopic (exact) mass is 482 g/mol.